The van der Waals surface area contributed by atoms with Crippen LogP contribution < -0.4 is 0 Å². The molecule has 0 saturated carbocycles. The van der Waals surface area contributed by atoms with Crippen LogP contribution >= 0.6 is 0 Å². The summed E-state index contributed by atoms with van der Waals surface area (Å²) in [6.07, 6.45) is 4.37. The number of nitrogens with zero attached hydrogens (tertiary/aromatic N) is 2. The van der Waals surface area contributed by atoms with Gasteiger partial charge in [0.2, 0.25) is 0 Å². The summed E-state index contributed by atoms with van der Waals surface area (Å²) in [5.74, 6) is 0.244. The summed E-state index contributed by atoms with van der Waals surface area (Å²) in [5, 5.41) is 9.37. The molecule has 1 N–H and O–H groups in total. The van der Waals surface area contributed by atoms with Crippen LogP contribution in [-0.4, -0.2) is 34.7 Å². The monoisotopic (exact) mass is 220 g/mol. The van der Waals surface area contributed by atoms with E-state index in [1.54, 1.807) is 0 Å². The third-order valence-electron chi connectivity index (χ3n) is 3.35. The van der Waals surface area contributed by atoms with Gasteiger partial charge in [0.1, 0.15) is 0 Å². The van der Waals surface area contributed by atoms with Gasteiger partial charge in [-0.25, -0.2) is 0 Å². The molecule has 0 amide bonds. The van der Waals surface area contributed by atoms with Crippen LogP contribution in [0, 0.1) is 5.92 Å². The van der Waals surface area contributed by atoms with Crippen molar-refractivity contribution in [1.82, 2.24) is 9.88 Å². The van der Waals surface area contributed by atoms with E-state index in [-0.39, 0.29) is 18.6 Å². The molecule has 1 aliphatic rings. The quantitative estimate of drug-likeness (QED) is 0.841. The first-order chi connectivity index (χ1) is 7.83. The fourth-order valence-corrected chi connectivity index (χ4v) is 2.51. The van der Waals surface area contributed by atoms with Crippen LogP contribution in [0.15, 0.2) is 24.4 Å². The van der Waals surface area contributed by atoms with Gasteiger partial charge in [-0.05, 0) is 38.1 Å². The topological polar surface area (TPSA) is 36.4 Å². The van der Waals surface area contributed by atoms with E-state index in [0.29, 0.717) is 0 Å². The van der Waals surface area contributed by atoms with E-state index in [0.717, 1.165) is 18.8 Å². The number of aliphatic hydroxyl groups excluding tert-OH is 1. The zero-order valence-corrected chi connectivity index (χ0v) is 9.84. The first-order valence-electron chi connectivity index (χ1n) is 6.08. The molecule has 1 aromatic heterocycles. The average Bonchev–Trinajstić information content (AvgIpc) is 2.84. The largest absolute Gasteiger partial charge is 0.396 e. The Hall–Kier alpha value is -0.930. The second kappa shape index (κ2) is 5.41. The van der Waals surface area contributed by atoms with E-state index in [4.69, 9.17) is 0 Å². The molecule has 1 aliphatic heterocycles. The molecule has 88 valence electrons. The lowest BCUT2D eigenvalue weighted by atomic mass is 9.97. The fraction of sp³-hybridized carbons (Fsp3) is 0.615. The molecule has 0 aliphatic carbocycles. The van der Waals surface area contributed by atoms with Crippen molar-refractivity contribution in [1.29, 1.82) is 0 Å². The van der Waals surface area contributed by atoms with Gasteiger partial charge in [-0.15, -0.1) is 0 Å². The molecule has 1 aromatic rings. The van der Waals surface area contributed by atoms with Crippen LogP contribution in [0.1, 0.15) is 31.5 Å². The van der Waals surface area contributed by atoms with Gasteiger partial charge in [0, 0.05) is 18.7 Å². The minimum Gasteiger partial charge on any atom is -0.396 e. The van der Waals surface area contributed by atoms with E-state index in [1.807, 2.05) is 18.3 Å². The first-order valence-corrected chi connectivity index (χ1v) is 6.08. The van der Waals surface area contributed by atoms with Crippen molar-refractivity contribution in [2.75, 3.05) is 19.7 Å². The summed E-state index contributed by atoms with van der Waals surface area (Å²) in [4.78, 5) is 6.89. The highest BCUT2D eigenvalue weighted by Gasteiger charge is 2.28. The molecule has 16 heavy (non-hydrogen) atoms. The van der Waals surface area contributed by atoms with Crippen LogP contribution in [0.25, 0.3) is 0 Å². The van der Waals surface area contributed by atoms with Gasteiger partial charge in [-0.1, -0.05) is 13.0 Å². The third kappa shape index (κ3) is 2.42. The van der Waals surface area contributed by atoms with Gasteiger partial charge in [0.05, 0.1) is 11.7 Å². The van der Waals surface area contributed by atoms with Crippen molar-refractivity contribution >= 4 is 0 Å². The number of pyridine rings is 1. The van der Waals surface area contributed by atoms with Crippen LogP contribution in [0.3, 0.4) is 0 Å². The van der Waals surface area contributed by atoms with Crippen molar-refractivity contribution in [3.05, 3.63) is 30.1 Å². The van der Waals surface area contributed by atoms with E-state index in [2.05, 4.69) is 22.9 Å². The van der Waals surface area contributed by atoms with Crippen LogP contribution in [-0.2, 0) is 0 Å². The van der Waals surface area contributed by atoms with E-state index in [1.165, 1.54) is 12.8 Å². The molecular weight excluding hydrogens is 200 g/mol. The molecule has 2 heterocycles. The molecule has 1 saturated heterocycles. The van der Waals surface area contributed by atoms with Crippen LogP contribution in [0.4, 0.5) is 0 Å². The molecule has 0 bridgehead atoms. The normalized spacial score (nSPS) is 20.9. The lowest BCUT2D eigenvalue weighted by Crippen LogP contribution is -2.32. The number of rotatable bonds is 4. The number of likely N-dealkylation sites (tertiary alicyclic amines) is 1. The number of aromatic nitrogens is 1. The average molecular weight is 220 g/mol. The van der Waals surface area contributed by atoms with E-state index in [9.17, 15) is 5.11 Å². The molecule has 2 rings (SSSR count). The lowest BCUT2D eigenvalue weighted by Gasteiger charge is -2.31. The van der Waals surface area contributed by atoms with Gasteiger partial charge >= 0.3 is 0 Å². The van der Waals surface area contributed by atoms with Crippen molar-refractivity contribution < 1.29 is 5.11 Å². The maximum atomic E-state index is 9.37. The van der Waals surface area contributed by atoms with E-state index < -0.39 is 0 Å². The van der Waals surface area contributed by atoms with Gasteiger partial charge in [0.15, 0.2) is 0 Å². The maximum Gasteiger partial charge on any atom is 0.0578 e. The minimum atomic E-state index is 0.220. The molecule has 3 nitrogen and oxygen atoms in total. The van der Waals surface area contributed by atoms with Gasteiger partial charge < -0.3 is 5.11 Å². The van der Waals surface area contributed by atoms with Crippen molar-refractivity contribution in [2.24, 2.45) is 5.92 Å². The fourth-order valence-electron chi connectivity index (χ4n) is 2.51. The molecule has 0 radical (unpaired) electrons. The molecule has 0 spiro atoms. The molecular formula is C13H20N2O. The molecule has 2 unspecified atom stereocenters. The van der Waals surface area contributed by atoms with Crippen LogP contribution in [0.5, 0.6) is 0 Å². The highest BCUT2D eigenvalue weighted by Crippen LogP contribution is 2.30. The Balaban J connectivity index is 2.20. The summed E-state index contributed by atoms with van der Waals surface area (Å²) in [5.41, 5.74) is 1.09. The highest BCUT2D eigenvalue weighted by atomic mass is 16.3. The SMILES string of the molecule is CC(CO)C(c1ccccn1)N1CCCC1. The standard InChI is InChI=1S/C13H20N2O/c1-11(10-16)13(15-8-4-5-9-15)12-6-2-3-7-14-12/h2-3,6-7,11,13,16H,4-5,8-10H2,1H3. The number of hydrogen-bond donors (Lipinski definition) is 1. The Morgan fingerprint density at radius 1 is 1.38 bits per heavy atom. The Labute approximate surface area is 97.1 Å². The maximum absolute atomic E-state index is 9.37. The molecule has 0 aromatic carbocycles. The molecule has 1 fully saturated rings. The summed E-state index contributed by atoms with van der Waals surface area (Å²) < 4.78 is 0. The predicted octanol–water partition coefficient (Wildman–Crippen LogP) is 1.85. The Morgan fingerprint density at radius 3 is 2.69 bits per heavy atom. The summed E-state index contributed by atoms with van der Waals surface area (Å²) in [7, 11) is 0. The second-order valence-electron chi connectivity index (χ2n) is 4.60. The molecule has 2 atom stereocenters. The van der Waals surface area contributed by atoms with Crippen molar-refractivity contribution in [3.63, 3.8) is 0 Å². The Morgan fingerprint density at radius 2 is 2.12 bits per heavy atom. The lowest BCUT2D eigenvalue weighted by molar-refractivity contribution is 0.123. The Bertz CT molecular complexity index is 309. The third-order valence-corrected chi connectivity index (χ3v) is 3.35. The van der Waals surface area contributed by atoms with Crippen molar-refractivity contribution in [2.45, 2.75) is 25.8 Å². The molecule has 3 heteroatoms. The summed E-state index contributed by atoms with van der Waals surface area (Å²) in [6, 6.07) is 6.30. The van der Waals surface area contributed by atoms with Gasteiger partial charge in [-0.2, -0.15) is 0 Å². The summed E-state index contributed by atoms with van der Waals surface area (Å²) >= 11 is 0. The first kappa shape index (κ1) is 11.6. The Kier molecular flexibility index (Phi) is 3.91. The van der Waals surface area contributed by atoms with Gasteiger partial charge in [0.25, 0.3) is 0 Å². The summed E-state index contributed by atoms with van der Waals surface area (Å²) in [6.45, 7) is 4.58. The van der Waals surface area contributed by atoms with Crippen LogP contribution in [0.2, 0.25) is 0 Å². The zero-order chi connectivity index (χ0) is 11.4. The zero-order valence-electron chi connectivity index (χ0n) is 9.84. The number of hydrogen-bond acceptors (Lipinski definition) is 3. The minimum absolute atomic E-state index is 0.220. The van der Waals surface area contributed by atoms with Gasteiger partial charge in [-0.3, -0.25) is 9.88 Å². The predicted molar refractivity (Wildman–Crippen MR) is 64.0 cm³/mol. The smallest absolute Gasteiger partial charge is 0.0578 e. The van der Waals surface area contributed by atoms with E-state index >= 15 is 0 Å². The number of aliphatic hydroxyl groups is 1. The van der Waals surface area contributed by atoms with Crippen molar-refractivity contribution in [3.8, 4) is 0 Å². The highest BCUT2D eigenvalue weighted by molar-refractivity contribution is 5.10. The second-order valence-corrected chi connectivity index (χ2v) is 4.60.